The first-order chi connectivity index (χ1) is 8.74. The normalized spacial score (nSPS) is 10.3. The van der Waals surface area contributed by atoms with Crippen LogP contribution in [0.4, 0.5) is 4.39 Å². The minimum atomic E-state index is -0.362. The highest BCUT2D eigenvalue weighted by Crippen LogP contribution is 2.06. The SMILES string of the molecule is O=C(Cc1ccccc1F)NCCCOCCO. The van der Waals surface area contributed by atoms with Crippen LogP contribution in [-0.2, 0) is 16.0 Å². The van der Waals surface area contributed by atoms with Crippen LogP contribution >= 0.6 is 0 Å². The average molecular weight is 255 g/mol. The van der Waals surface area contributed by atoms with E-state index in [9.17, 15) is 9.18 Å². The molecule has 1 aromatic rings. The summed E-state index contributed by atoms with van der Waals surface area (Å²) >= 11 is 0. The highest BCUT2D eigenvalue weighted by molar-refractivity contribution is 5.78. The Labute approximate surface area is 106 Å². The fourth-order valence-corrected chi connectivity index (χ4v) is 1.45. The molecule has 1 aromatic carbocycles. The van der Waals surface area contributed by atoms with Crippen LogP contribution in [0.15, 0.2) is 24.3 Å². The van der Waals surface area contributed by atoms with E-state index in [0.717, 1.165) is 0 Å². The third kappa shape index (κ3) is 5.75. The number of hydrogen-bond acceptors (Lipinski definition) is 3. The number of carbonyl (C=O) groups excluding carboxylic acids is 1. The summed E-state index contributed by atoms with van der Waals surface area (Å²) in [6.07, 6.45) is 0.715. The predicted octanol–water partition coefficient (Wildman–Crippen LogP) is 0.883. The van der Waals surface area contributed by atoms with Crippen LogP contribution in [0.5, 0.6) is 0 Å². The summed E-state index contributed by atoms with van der Waals surface area (Å²) in [6.45, 7) is 1.28. The summed E-state index contributed by atoms with van der Waals surface area (Å²) < 4.78 is 18.3. The maximum absolute atomic E-state index is 13.3. The van der Waals surface area contributed by atoms with E-state index in [1.165, 1.54) is 6.07 Å². The van der Waals surface area contributed by atoms with Gasteiger partial charge in [-0.1, -0.05) is 18.2 Å². The monoisotopic (exact) mass is 255 g/mol. The molecule has 18 heavy (non-hydrogen) atoms. The lowest BCUT2D eigenvalue weighted by atomic mass is 10.1. The number of aliphatic hydroxyl groups excluding tert-OH is 1. The molecule has 2 N–H and O–H groups in total. The van der Waals surface area contributed by atoms with E-state index in [2.05, 4.69) is 5.32 Å². The van der Waals surface area contributed by atoms with Crippen molar-refractivity contribution in [3.63, 3.8) is 0 Å². The van der Waals surface area contributed by atoms with E-state index >= 15 is 0 Å². The Morgan fingerprint density at radius 2 is 2.11 bits per heavy atom. The minimum absolute atomic E-state index is 0.000354. The highest BCUT2D eigenvalue weighted by Gasteiger charge is 2.06. The van der Waals surface area contributed by atoms with Crippen molar-refractivity contribution in [3.8, 4) is 0 Å². The topological polar surface area (TPSA) is 58.6 Å². The predicted molar refractivity (Wildman–Crippen MR) is 65.6 cm³/mol. The van der Waals surface area contributed by atoms with Gasteiger partial charge >= 0.3 is 0 Å². The minimum Gasteiger partial charge on any atom is -0.394 e. The number of amides is 1. The number of hydrogen-bond donors (Lipinski definition) is 2. The van der Waals surface area contributed by atoms with Crippen molar-refractivity contribution in [2.45, 2.75) is 12.8 Å². The number of aliphatic hydroxyl groups is 1. The molecule has 0 saturated carbocycles. The highest BCUT2D eigenvalue weighted by atomic mass is 19.1. The van der Waals surface area contributed by atoms with Gasteiger partial charge in [0.15, 0.2) is 0 Å². The Bertz CT molecular complexity index is 371. The quantitative estimate of drug-likeness (QED) is 0.678. The van der Waals surface area contributed by atoms with Gasteiger partial charge in [0.25, 0.3) is 0 Å². The molecule has 1 rings (SSSR count). The van der Waals surface area contributed by atoms with Crippen LogP contribution < -0.4 is 5.32 Å². The molecule has 0 fully saturated rings. The number of halogens is 1. The summed E-state index contributed by atoms with van der Waals surface area (Å²) in [6, 6.07) is 6.23. The number of carbonyl (C=O) groups is 1. The second-order valence-corrected chi connectivity index (χ2v) is 3.81. The molecule has 0 unspecified atom stereocenters. The summed E-state index contributed by atoms with van der Waals surface area (Å²) in [5, 5.41) is 11.2. The van der Waals surface area contributed by atoms with Crippen molar-refractivity contribution in [2.75, 3.05) is 26.4 Å². The molecular weight excluding hydrogens is 237 g/mol. The maximum atomic E-state index is 13.3. The second-order valence-electron chi connectivity index (χ2n) is 3.81. The molecule has 0 heterocycles. The van der Waals surface area contributed by atoms with Gasteiger partial charge in [-0.15, -0.1) is 0 Å². The van der Waals surface area contributed by atoms with Gasteiger partial charge in [0.2, 0.25) is 5.91 Å². The molecule has 4 nitrogen and oxygen atoms in total. The van der Waals surface area contributed by atoms with Gasteiger partial charge in [-0.2, -0.15) is 0 Å². The summed E-state index contributed by atoms with van der Waals surface area (Å²) in [7, 11) is 0. The molecule has 0 spiro atoms. The lowest BCUT2D eigenvalue weighted by Gasteiger charge is -2.06. The summed E-state index contributed by atoms with van der Waals surface area (Å²) in [5.41, 5.74) is 0.395. The molecular formula is C13H18FNO3. The van der Waals surface area contributed by atoms with Gasteiger partial charge in [-0.25, -0.2) is 4.39 Å². The molecule has 0 radical (unpaired) electrons. The fraction of sp³-hybridized carbons (Fsp3) is 0.462. The second kappa shape index (κ2) is 8.60. The molecule has 0 aromatic heterocycles. The fourth-order valence-electron chi connectivity index (χ4n) is 1.45. The zero-order valence-corrected chi connectivity index (χ0v) is 10.2. The summed E-state index contributed by atoms with van der Waals surface area (Å²) in [4.78, 5) is 11.5. The van der Waals surface area contributed by atoms with E-state index in [1.54, 1.807) is 18.2 Å². The van der Waals surface area contributed by atoms with E-state index < -0.39 is 0 Å². The Morgan fingerprint density at radius 3 is 2.83 bits per heavy atom. The van der Waals surface area contributed by atoms with Gasteiger partial charge < -0.3 is 15.2 Å². The number of benzene rings is 1. The van der Waals surface area contributed by atoms with Crippen molar-refractivity contribution < 1.29 is 19.0 Å². The molecule has 0 saturated heterocycles. The lowest BCUT2D eigenvalue weighted by Crippen LogP contribution is -2.27. The zero-order valence-electron chi connectivity index (χ0n) is 10.2. The van der Waals surface area contributed by atoms with Crippen LogP contribution in [0.3, 0.4) is 0 Å². The van der Waals surface area contributed by atoms with Crippen LogP contribution in [0.1, 0.15) is 12.0 Å². The molecule has 0 aliphatic rings. The molecule has 100 valence electrons. The Kier molecular flexibility index (Phi) is 6.98. The number of rotatable bonds is 8. The third-order valence-corrected chi connectivity index (χ3v) is 2.33. The molecule has 1 amide bonds. The molecule has 0 aliphatic carbocycles. The van der Waals surface area contributed by atoms with Crippen LogP contribution in [0.2, 0.25) is 0 Å². The van der Waals surface area contributed by atoms with Crippen molar-refractivity contribution in [1.82, 2.24) is 5.32 Å². The van der Waals surface area contributed by atoms with E-state index in [0.29, 0.717) is 31.7 Å². The van der Waals surface area contributed by atoms with E-state index in [-0.39, 0.29) is 24.8 Å². The number of nitrogens with one attached hydrogen (secondary N) is 1. The Balaban J connectivity index is 2.16. The average Bonchev–Trinajstić information content (AvgIpc) is 2.36. The number of ether oxygens (including phenoxy) is 1. The van der Waals surface area contributed by atoms with Gasteiger partial charge in [0.05, 0.1) is 19.6 Å². The Morgan fingerprint density at radius 1 is 1.33 bits per heavy atom. The van der Waals surface area contributed by atoms with Crippen molar-refractivity contribution in [3.05, 3.63) is 35.6 Å². The maximum Gasteiger partial charge on any atom is 0.224 e. The lowest BCUT2D eigenvalue weighted by molar-refractivity contribution is -0.120. The molecule has 0 atom stereocenters. The first kappa shape index (κ1) is 14.6. The van der Waals surface area contributed by atoms with Crippen molar-refractivity contribution >= 4 is 5.91 Å². The van der Waals surface area contributed by atoms with Crippen molar-refractivity contribution in [2.24, 2.45) is 0 Å². The van der Waals surface area contributed by atoms with E-state index in [1.807, 2.05) is 0 Å². The zero-order chi connectivity index (χ0) is 13.2. The van der Waals surface area contributed by atoms with Crippen LogP contribution in [0, 0.1) is 5.82 Å². The van der Waals surface area contributed by atoms with Crippen molar-refractivity contribution in [1.29, 1.82) is 0 Å². The van der Waals surface area contributed by atoms with Crippen LogP contribution in [0.25, 0.3) is 0 Å². The smallest absolute Gasteiger partial charge is 0.224 e. The van der Waals surface area contributed by atoms with Gasteiger partial charge in [0.1, 0.15) is 5.82 Å². The van der Waals surface area contributed by atoms with Gasteiger partial charge in [-0.05, 0) is 18.1 Å². The third-order valence-electron chi connectivity index (χ3n) is 2.33. The van der Waals surface area contributed by atoms with Crippen LogP contribution in [-0.4, -0.2) is 37.4 Å². The first-order valence-corrected chi connectivity index (χ1v) is 5.92. The van der Waals surface area contributed by atoms with E-state index in [4.69, 9.17) is 9.84 Å². The molecule has 0 aliphatic heterocycles. The van der Waals surface area contributed by atoms with Gasteiger partial charge in [-0.3, -0.25) is 4.79 Å². The summed E-state index contributed by atoms with van der Waals surface area (Å²) in [5.74, 6) is -0.568. The molecule has 5 heteroatoms. The first-order valence-electron chi connectivity index (χ1n) is 5.92. The van der Waals surface area contributed by atoms with Gasteiger partial charge in [0, 0.05) is 13.2 Å². The Hall–Kier alpha value is -1.46. The largest absolute Gasteiger partial charge is 0.394 e. The standard InChI is InChI=1S/C13H18FNO3/c14-12-5-2-1-4-11(12)10-13(17)15-6-3-8-18-9-7-16/h1-2,4-5,16H,3,6-10H2,(H,15,17). The molecule has 0 bridgehead atoms.